The van der Waals surface area contributed by atoms with Crippen LogP contribution in [-0.2, 0) is 19.5 Å². The summed E-state index contributed by atoms with van der Waals surface area (Å²) in [6.45, 7) is 0. The second kappa shape index (κ2) is 17.5. The molecule has 0 N–H and O–H groups in total. The Morgan fingerprint density at radius 1 is 0.333 bits per heavy atom. The summed E-state index contributed by atoms with van der Waals surface area (Å²) in [5.74, 6) is 0. The number of pyridine rings is 4. The Labute approximate surface area is 311 Å². The smallest absolute Gasteiger partial charge is 0.305 e. The number of fused-ring (bicyclic) bond motifs is 3. The molecule has 0 aliphatic rings. The van der Waals surface area contributed by atoms with Gasteiger partial charge in [-0.3, -0.25) is 9.97 Å². The predicted molar refractivity (Wildman–Crippen MR) is 205 cm³/mol. The van der Waals surface area contributed by atoms with Gasteiger partial charge in [-0.25, -0.2) is 0 Å². The molecular formula is C46H32N4Rh. The van der Waals surface area contributed by atoms with E-state index < -0.39 is 0 Å². The van der Waals surface area contributed by atoms with E-state index in [0.29, 0.717) is 0 Å². The predicted octanol–water partition coefficient (Wildman–Crippen LogP) is 11.2. The van der Waals surface area contributed by atoms with Gasteiger partial charge in [0.05, 0.1) is 11.0 Å². The molecule has 9 rings (SSSR count). The summed E-state index contributed by atoms with van der Waals surface area (Å²) in [6, 6.07) is 63.0. The van der Waals surface area contributed by atoms with Gasteiger partial charge in [-0.05, 0) is 57.9 Å². The van der Waals surface area contributed by atoms with Gasteiger partial charge in [-0.2, -0.15) is 0 Å². The Bertz CT molecular complexity index is 2140. The van der Waals surface area contributed by atoms with Crippen LogP contribution in [0.1, 0.15) is 0 Å². The molecule has 5 aromatic carbocycles. The maximum absolute atomic E-state index is 4.67. The van der Waals surface area contributed by atoms with Crippen molar-refractivity contribution in [2.24, 2.45) is 0 Å². The summed E-state index contributed by atoms with van der Waals surface area (Å²) in [5, 5.41) is 2.26. The van der Waals surface area contributed by atoms with Gasteiger partial charge in [0.1, 0.15) is 0 Å². The fourth-order valence-electron chi connectivity index (χ4n) is 5.72. The summed E-state index contributed by atoms with van der Waals surface area (Å²) in [6.07, 6.45) is 7.33. The second-order valence-electron chi connectivity index (χ2n) is 11.3. The molecule has 0 unspecified atom stereocenters. The number of benzene rings is 5. The van der Waals surface area contributed by atoms with Gasteiger partial charge in [-0.15, -0.1) is 71.8 Å². The molecule has 245 valence electrons. The number of hydrogen-bond donors (Lipinski definition) is 0. The average Bonchev–Trinajstić information content (AvgIpc) is 3.23. The molecule has 0 aliphatic heterocycles. The van der Waals surface area contributed by atoms with Gasteiger partial charge in [0.25, 0.3) is 0 Å². The molecule has 51 heavy (non-hydrogen) atoms. The first-order valence-corrected chi connectivity index (χ1v) is 16.4. The van der Waals surface area contributed by atoms with Crippen LogP contribution in [0, 0.1) is 12.1 Å². The van der Waals surface area contributed by atoms with Crippen LogP contribution in [0.15, 0.2) is 195 Å². The third kappa shape index (κ3) is 8.53. The molecule has 0 atom stereocenters. The van der Waals surface area contributed by atoms with Crippen LogP contribution in [0.25, 0.3) is 66.6 Å². The normalized spacial score (nSPS) is 10.2. The Morgan fingerprint density at radius 3 is 1.12 bits per heavy atom. The van der Waals surface area contributed by atoms with Crippen LogP contribution in [0.4, 0.5) is 0 Å². The zero-order valence-corrected chi connectivity index (χ0v) is 29.2. The molecule has 5 heteroatoms. The first-order chi connectivity index (χ1) is 24.8. The molecule has 0 aliphatic carbocycles. The van der Waals surface area contributed by atoms with E-state index in [1.54, 1.807) is 12.4 Å². The van der Waals surface area contributed by atoms with Crippen molar-refractivity contribution >= 4 is 21.8 Å². The van der Waals surface area contributed by atoms with Crippen molar-refractivity contribution in [2.45, 2.75) is 0 Å². The summed E-state index contributed by atoms with van der Waals surface area (Å²) in [7, 11) is 0. The fourth-order valence-corrected chi connectivity index (χ4v) is 5.72. The summed E-state index contributed by atoms with van der Waals surface area (Å²) < 4.78 is 0. The first kappa shape index (κ1) is 34.7. The minimum absolute atomic E-state index is 0. The molecule has 0 saturated heterocycles. The molecule has 0 saturated carbocycles. The van der Waals surface area contributed by atoms with Gasteiger partial charge in [-0.1, -0.05) is 97.1 Å². The van der Waals surface area contributed by atoms with Crippen molar-refractivity contribution in [3.8, 4) is 44.8 Å². The second-order valence-corrected chi connectivity index (χ2v) is 11.3. The molecule has 4 heterocycles. The Hall–Kier alpha value is -6.16. The Kier molecular flexibility index (Phi) is 11.9. The van der Waals surface area contributed by atoms with Crippen LogP contribution in [0.2, 0.25) is 0 Å². The maximum atomic E-state index is 4.67. The minimum atomic E-state index is 0. The van der Waals surface area contributed by atoms with E-state index in [-0.39, 0.29) is 19.5 Å². The largest absolute Gasteiger partial charge is 2.00 e. The quantitative estimate of drug-likeness (QED) is 0.102. The van der Waals surface area contributed by atoms with Gasteiger partial charge in [0, 0.05) is 35.6 Å². The third-order valence-electron chi connectivity index (χ3n) is 8.09. The van der Waals surface area contributed by atoms with Crippen LogP contribution >= 0.6 is 0 Å². The Morgan fingerprint density at radius 2 is 0.745 bits per heavy atom. The minimum Gasteiger partial charge on any atom is -0.305 e. The fraction of sp³-hybridized carbons (Fsp3) is 0. The summed E-state index contributed by atoms with van der Waals surface area (Å²) in [4.78, 5) is 17.8. The monoisotopic (exact) mass is 743 g/mol. The molecule has 1 radical (unpaired) electrons. The van der Waals surface area contributed by atoms with Gasteiger partial charge in [0.2, 0.25) is 0 Å². The molecular weight excluding hydrogens is 711 g/mol. The molecule has 0 amide bonds. The molecule has 0 spiro atoms. The number of rotatable bonds is 4. The summed E-state index contributed by atoms with van der Waals surface area (Å²) >= 11 is 0. The maximum Gasteiger partial charge on any atom is 2.00 e. The summed E-state index contributed by atoms with van der Waals surface area (Å²) in [5.41, 5.74) is 10.7. The molecule has 0 bridgehead atoms. The van der Waals surface area contributed by atoms with Gasteiger partial charge in [0.15, 0.2) is 0 Å². The SMILES string of the molecule is [Rh+2].[c-]1ccccc1-c1ccccn1.[c-]1ccccc1-c1ccccn1.c1ccc(-c2ccnc3c2ccc2c(-c4ccccc4)ccnc23)cc1. The van der Waals surface area contributed by atoms with Gasteiger partial charge < -0.3 is 9.97 Å². The van der Waals surface area contributed by atoms with E-state index >= 15 is 0 Å². The average molecular weight is 744 g/mol. The van der Waals surface area contributed by atoms with Crippen molar-refractivity contribution < 1.29 is 19.5 Å². The van der Waals surface area contributed by atoms with Crippen molar-refractivity contribution in [3.63, 3.8) is 0 Å². The van der Waals surface area contributed by atoms with Crippen molar-refractivity contribution in [3.05, 3.63) is 207 Å². The van der Waals surface area contributed by atoms with Gasteiger partial charge >= 0.3 is 19.5 Å². The third-order valence-corrected chi connectivity index (χ3v) is 8.09. The molecule has 4 nitrogen and oxygen atoms in total. The zero-order chi connectivity index (χ0) is 33.8. The van der Waals surface area contributed by atoms with Crippen LogP contribution in [0.3, 0.4) is 0 Å². The van der Waals surface area contributed by atoms with E-state index in [1.165, 1.54) is 22.3 Å². The number of nitrogens with zero attached hydrogens (tertiary/aromatic N) is 4. The van der Waals surface area contributed by atoms with Crippen LogP contribution in [-0.4, -0.2) is 19.9 Å². The molecule has 4 aromatic heterocycles. The standard InChI is InChI=1S/C24H16N2.2C11H8N.Rh/c1-3-7-17(8-4-1)19-13-15-25-23-21(19)11-12-22-20(14-16-26-24(22)23)18-9-5-2-6-10-18;2*1-2-6-10(7-3-1)11-8-4-5-9-12-11;/h1-16H;2*1-6,8-9H;/q;2*-1;+2. The molecule has 0 fully saturated rings. The topological polar surface area (TPSA) is 51.6 Å². The van der Waals surface area contributed by atoms with E-state index in [0.717, 1.165) is 44.3 Å². The number of hydrogen-bond acceptors (Lipinski definition) is 4. The first-order valence-electron chi connectivity index (χ1n) is 16.4. The van der Waals surface area contributed by atoms with Crippen molar-refractivity contribution in [1.29, 1.82) is 0 Å². The zero-order valence-electron chi connectivity index (χ0n) is 27.6. The van der Waals surface area contributed by atoms with E-state index in [1.807, 2.05) is 109 Å². The number of aromatic nitrogens is 4. The molecule has 9 aromatic rings. The van der Waals surface area contributed by atoms with E-state index in [4.69, 9.17) is 0 Å². The Balaban J connectivity index is 0.000000149. The van der Waals surface area contributed by atoms with E-state index in [9.17, 15) is 0 Å². The van der Waals surface area contributed by atoms with E-state index in [2.05, 4.69) is 105 Å². The van der Waals surface area contributed by atoms with Crippen molar-refractivity contribution in [1.82, 2.24) is 19.9 Å². The van der Waals surface area contributed by atoms with Crippen LogP contribution < -0.4 is 0 Å². The van der Waals surface area contributed by atoms with Crippen molar-refractivity contribution in [2.75, 3.05) is 0 Å². The van der Waals surface area contributed by atoms with Crippen LogP contribution in [0.5, 0.6) is 0 Å².